The molecule has 0 spiro atoms. The molecule has 1 aromatic carbocycles. The van der Waals surface area contributed by atoms with Crippen LogP contribution in [0.2, 0.25) is 6.82 Å². The van der Waals surface area contributed by atoms with Gasteiger partial charge in [0.1, 0.15) is 0 Å². The van der Waals surface area contributed by atoms with Crippen molar-refractivity contribution in [3.63, 3.8) is 0 Å². The van der Waals surface area contributed by atoms with E-state index in [0.717, 1.165) is 11.4 Å². The molecule has 2 nitrogen and oxygen atoms in total. The largest absolute Gasteiger partial charge is 0.402 e. The van der Waals surface area contributed by atoms with Crippen molar-refractivity contribution in [2.24, 2.45) is 7.05 Å². The van der Waals surface area contributed by atoms with E-state index in [1.807, 2.05) is 30.7 Å². The minimum absolute atomic E-state index is 0.198. The monoisotopic (exact) mass is 280 g/mol. The Kier molecular flexibility index (Phi) is 2.57. The summed E-state index contributed by atoms with van der Waals surface area (Å²) in [6.45, 7) is 4.25. The summed E-state index contributed by atoms with van der Waals surface area (Å²) in [5.74, 6) is 3.24. The number of rotatable bonds is 1. The maximum Gasteiger partial charge on any atom is 0.402 e. The Hall–Kier alpha value is -2.03. The number of fused-ring (bicyclic) bond motifs is 1. The molecule has 1 aromatic heterocycles. The zero-order chi connectivity index (χ0) is 17.6. The van der Waals surface area contributed by atoms with Crippen molar-refractivity contribution in [2.75, 3.05) is 4.81 Å². The van der Waals surface area contributed by atoms with Crippen LogP contribution in [0.1, 0.15) is 22.2 Å². The van der Waals surface area contributed by atoms with Gasteiger partial charge in [-0.3, -0.25) is 4.81 Å². The summed E-state index contributed by atoms with van der Waals surface area (Å²) in [4.78, 5) is 2.26. The van der Waals surface area contributed by atoms with Gasteiger partial charge < -0.3 is 0 Å². The van der Waals surface area contributed by atoms with E-state index < -0.39 is 6.85 Å². The Balaban J connectivity index is 2.20. The normalized spacial score (nSPS) is 16.8. The standard InChI is InChI=1S/C18H22BN2/c1-13-10-18(20(5)12-14(13)2)21-15(3)17-9-7-6-8-16(17)11-19(21)4/h6-12H,1-5H3/q+1/i2D3. The van der Waals surface area contributed by atoms with Crippen molar-refractivity contribution in [3.8, 4) is 0 Å². The molecule has 0 amide bonds. The fraction of sp³-hybridized carbons (Fsp3) is 0.278. The Bertz CT molecular complexity index is 919. The Morgan fingerprint density at radius 2 is 1.95 bits per heavy atom. The first kappa shape index (κ1) is 10.7. The van der Waals surface area contributed by atoms with Gasteiger partial charge in [-0.05, 0) is 43.9 Å². The maximum absolute atomic E-state index is 7.70. The van der Waals surface area contributed by atoms with Crippen LogP contribution in [0, 0.1) is 13.8 Å². The van der Waals surface area contributed by atoms with Gasteiger partial charge in [0.05, 0.1) is 18.9 Å². The average Bonchev–Trinajstić information content (AvgIpc) is 2.49. The highest BCUT2D eigenvalue weighted by atomic mass is 15.2. The number of nitrogens with zero attached hydrogens (tertiary/aromatic N) is 2. The lowest BCUT2D eigenvalue weighted by molar-refractivity contribution is -0.658. The number of pyridine rings is 1. The molecule has 0 aliphatic carbocycles. The molecular weight excluding hydrogens is 255 g/mol. The first-order valence-electron chi connectivity index (χ1n) is 8.78. The first-order valence-corrected chi connectivity index (χ1v) is 7.28. The molecule has 0 N–H and O–H groups in total. The average molecular weight is 280 g/mol. The fourth-order valence-electron chi connectivity index (χ4n) is 3.10. The molecule has 21 heavy (non-hydrogen) atoms. The van der Waals surface area contributed by atoms with Crippen LogP contribution in [0.15, 0.2) is 36.5 Å². The summed E-state index contributed by atoms with van der Waals surface area (Å²) in [5, 5.41) is 2.46. The summed E-state index contributed by atoms with van der Waals surface area (Å²) in [6, 6.07) is 10.3. The second-order valence-electron chi connectivity index (χ2n) is 5.79. The van der Waals surface area contributed by atoms with Gasteiger partial charge in [0.15, 0.2) is 0 Å². The van der Waals surface area contributed by atoms with Crippen LogP contribution in [0.25, 0.3) is 11.7 Å². The predicted octanol–water partition coefficient (Wildman–Crippen LogP) is 1.72. The van der Waals surface area contributed by atoms with Crippen LogP contribution in [0.3, 0.4) is 0 Å². The Morgan fingerprint density at radius 3 is 2.71 bits per heavy atom. The Morgan fingerprint density at radius 1 is 1.19 bits per heavy atom. The van der Waals surface area contributed by atoms with Crippen molar-refractivity contribution < 1.29 is 8.68 Å². The quantitative estimate of drug-likeness (QED) is 0.570. The predicted molar refractivity (Wildman–Crippen MR) is 90.4 cm³/mol. The number of aromatic nitrogens is 1. The van der Waals surface area contributed by atoms with E-state index in [0.29, 0.717) is 5.56 Å². The highest BCUT2D eigenvalue weighted by Crippen LogP contribution is 2.20. The van der Waals surface area contributed by atoms with Crippen LogP contribution in [-0.2, 0) is 7.05 Å². The van der Waals surface area contributed by atoms with Crippen molar-refractivity contribution in [1.29, 1.82) is 0 Å². The third kappa shape index (κ3) is 2.27. The summed E-state index contributed by atoms with van der Waals surface area (Å²) in [7, 11) is 1.91. The zero-order valence-electron chi connectivity index (χ0n) is 16.0. The molecular formula is C18H22BN2+. The number of hydrogen-bond donors (Lipinski definition) is 0. The smallest absolute Gasteiger partial charge is 0.291 e. The van der Waals surface area contributed by atoms with Gasteiger partial charge in [0.2, 0.25) is 0 Å². The summed E-state index contributed by atoms with van der Waals surface area (Å²) in [5.41, 5.74) is 2.37. The lowest BCUT2D eigenvalue weighted by Crippen LogP contribution is -2.50. The molecule has 0 saturated carbocycles. The topological polar surface area (TPSA) is 7.12 Å². The maximum atomic E-state index is 7.70. The Labute approximate surface area is 131 Å². The van der Waals surface area contributed by atoms with Crippen LogP contribution >= 0.6 is 0 Å². The highest BCUT2D eigenvalue weighted by Gasteiger charge is 2.31. The van der Waals surface area contributed by atoms with Crippen molar-refractivity contribution in [3.05, 3.63) is 58.1 Å². The molecule has 0 radical (unpaired) electrons. The van der Waals surface area contributed by atoms with Crippen molar-refractivity contribution in [1.82, 2.24) is 0 Å². The van der Waals surface area contributed by atoms with Gasteiger partial charge in [-0.25, -0.2) is 4.57 Å². The number of benzene rings is 1. The fourth-order valence-corrected chi connectivity index (χ4v) is 3.10. The molecule has 0 fully saturated rings. The molecule has 106 valence electrons. The lowest BCUT2D eigenvalue weighted by Gasteiger charge is -2.25. The van der Waals surface area contributed by atoms with Crippen molar-refractivity contribution in [2.45, 2.75) is 27.5 Å². The van der Waals surface area contributed by atoms with Crippen LogP contribution in [0.4, 0.5) is 5.82 Å². The zero-order valence-corrected chi connectivity index (χ0v) is 13.0. The summed E-state index contributed by atoms with van der Waals surface area (Å²) in [6.07, 6.45) is 1.73. The third-order valence-electron chi connectivity index (χ3n) is 4.24. The van der Waals surface area contributed by atoms with Gasteiger partial charge in [-0.15, -0.1) is 0 Å². The molecule has 0 atom stereocenters. The van der Waals surface area contributed by atoms with E-state index in [2.05, 4.69) is 42.7 Å². The molecule has 0 bridgehead atoms. The van der Waals surface area contributed by atoms with E-state index in [4.69, 9.17) is 4.11 Å². The molecule has 1 aliphatic heterocycles. The first-order chi connectivity index (χ1) is 11.2. The van der Waals surface area contributed by atoms with E-state index in [-0.39, 0.29) is 6.85 Å². The SMILES string of the molecule is [2H]C([2H])([2H])c1c[n+](C)c(N2B(C)C=c3ccccc3=C2C)cc1C. The number of anilines is 1. The van der Waals surface area contributed by atoms with E-state index in [9.17, 15) is 0 Å². The van der Waals surface area contributed by atoms with Gasteiger partial charge in [0, 0.05) is 15.4 Å². The van der Waals surface area contributed by atoms with E-state index in [1.54, 1.807) is 6.20 Å². The number of hydrogen-bond acceptors (Lipinski definition) is 1. The molecule has 3 rings (SSSR count). The minimum atomic E-state index is -2.09. The van der Waals surface area contributed by atoms with Crippen LogP contribution in [-0.4, -0.2) is 6.85 Å². The highest BCUT2D eigenvalue weighted by molar-refractivity contribution is 6.77. The molecule has 0 unspecified atom stereocenters. The third-order valence-corrected chi connectivity index (χ3v) is 4.24. The minimum Gasteiger partial charge on any atom is -0.291 e. The molecule has 2 aromatic rings. The van der Waals surface area contributed by atoms with Gasteiger partial charge in [-0.2, -0.15) is 0 Å². The summed E-state index contributed by atoms with van der Waals surface area (Å²) < 4.78 is 25.0. The van der Waals surface area contributed by atoms with E-state index >= 15 is 0 Å². The van der Waals surface area contributed by atoms with Gasteiger partial charge in [-0.1, -0.05) is 30.2 Å². The van der Waals surface area contributed by atoms with Gasteiger partial charge >= 0.3 is 6.85 Å². The van der Waals surface area contributed by atoms with E-state index in [1.165, 1.54) is 16.1 Å². The second kappa shape index (κ2) is 5.07. The molecule has 2 heterocycles. The molecule has 0 saturated heterocycles. The molecule has 3 heteroatoms. The summed E-state index contributed by atoms with van der Waals surface area (Å²) >= 11 is 0. The van der Waals surface area contributed by atoms with Crippen LogP contribution < -0.4 is 19.8 Å². The van der Waals surface area contributed by atoms with Crippen LogP contribution in [0.5, 0.6) is 0 Å². The van der Waals surface area contributed by atoms with Crippen molar-refractivity contribution >= 4 is 24.3 Å². The number of aryl methyl sites for hydroxylation is 3. The molecule has 1 aliphatic rings. The van der Waals surface area contributed by atoms with Gasteiger partial charge in [0.25, 0.3) is 5.82 Å². The second-order valence-corrected chi connectivity index (χ2v) is 5.79. The lowest BCUT2D eigenvalue weighted by atomic mass is 9.60.